The highest BCUT2D eigenvalue weighted by atomic mass is 32.2. The molecule has 1 heterocycles. The van der Waals surface area contributed by atoms with Crippen LogP contribution in [0.5, 0.6) is 5.75 Å². The Kier molecular flexibility index (Phi) is 6.83. The summed E-state index contributed by atoms with van der Waals surface area (Å²) in [5.41, 5.74) is 0.934. The van der Waals surface area contributed by atoms with E-state index in [-0.39, 0.29) is 30.4 Å². The molecule has 1 aliphatic heterocycles. The molecule has 7 nitrogen and oxygen atoms in total. The molecular formula is C20H24FN3O4S. The van der Waals surface area contributed by atoms with Crippen LogP contribution in [0.2, 0.25) is 0 Å². The Morgan fingerprint density at radius 1 is 1.10 bits per heavy atom. The predicted molar refractivity (Wildman–Crippen MR) is 106 cm³/mol. The number of piperazine rings is 1. The van der Waals surface area contributed by atoms with Crippen LogP contribution in [0.25, 0.3) is 0 Å². The number of rotatable bonds is 7. The summed E-state index contributed by atoms with van der Waals surface area (Å²) in [5.74, 6) is 0.0130. The van der Waals surface area contributed by atoms with E-state index in [1.165, 1.54) is 22.5 Å². The molecule has 1 fully saturated rings. The second kappa shape index (κ2) is 9.34. The third-order valence-corrected chi connectivity index (χ3v) is 6.65. The van der Waals surface area contributed by atoms with Crippen molar-refractivity contribution in [2.75, 3.05) is 39.8 Å². The first-order valence-electron chi connectivity index (χ1n) is 9.26. The summed E-state index contributed by atoms with van der Waals surface area (Å²) in [6, 6.07) is 12.5. The third kappa shape index (κ3) is 5.53. The molecule has 0 atom stereocenters. The number of ether oxygens (including phenoxy) is 1. The van der Waals surface area contributed by atoms with E-state index >= 15 is 0 Å². The van der Waals surface area contributed by atoms with Crippen molar-refractivity contribution in [2.45, 2.75) is 11.4 Å². The molecule has 0 aromatic heterocycles. The SMILES string of the molecule is COc1cccc(CNC(=O)CN2CCN(S(=O)(=O)c3cccc(F)c3)CC2)c1. The van der Waals surface area contributed by atoms with Gasteiger partial charge in [0.1, 0.15) is 11.6 Å². The van der Waals surface area contributed by atoms with Gasteiger partial charge >= 0.3 is 0 Å². The molecule has 0 unspecified atom stereocenters. The van der Waals surface area contributed by atoms with Gasteiger partial charge in [0.2, 0.25) is 15.9 Å². The van der Waals surface area contributed by atoms with Crippen molar-refractivity contribution in [3.05, 3.63) is 59.9 Å². The van der Waals surface area contributed by atoms with Crippen molar-refractivity contribution in [3.8, 4) is 5.75 Å². The van der Waals surface area contributed by atoms with E-state index in [0.717, 1.165) is 17.4 Å². The molecule has 156 valence electrons. The van der Waals surface area contributed by atoms with E-state index < -0.39 is 15.8 Å². The molecule has 29 heavy (non-hydrogen) atoms. The second-order valence-corrected chi connectivity index (χ2v) is 8.70. The Morgan fingerprint density at radius 2 is 1.83 bits per heavy atom. The zero-order valence-corrected chi connectivity index (χ0v) is 17.0. The Bertz CT molecular complexity index is 960. The van der Waals surface area contributed by atoms with Crippen LogP contribution < -0.4 is 10.1 Å². The van der Waals surface area contributed by atoms with Crippen LogP contribution in [0.3, 0.4) is 0 Å². The molecule has 0 aliphatic carbocycles. The first-order valence-corrected chi connectivity index (χ1v) is 10.7. The van der Waals surface area contributed by atoms with Gasteiger partial charge in [0.05, 0.1) is 18.6 Å². The van der Waals surface area contributed by atoms with Gasteiger partial charge in [-0.05, 0) is 35.9 Å². The summed E-state index contributed by atoms with van der Waals surface area (Å²) < 4.78 is 45.1. The minimum Gasteiger partial charge on any atom is -0.497 e. The molecule has 0 radical (unpaired) electrons. The number of carbonyl (C=O) groups excluding carboxylic acids is 1. The van der Waals surface area contributed by atoms with E-state index in [1.54, 1.807) is 7.11 Å². The molecule has 2 aromatic carbocycles. The minimum absolute atomic E-state index is 0.0537. The number of nitrogens with one attached hydrogen (secondary N) is 1. The first-order chi connectivity index (χ1) is 13.9. The molecule has 0 spiro atoms. The number of hydrogen-bond acceptors (Lipinski definition) is 5. The van der Waals surface area contributed by atoms with Crippen LogP contribution in [0, 0.1) is 5.82 Å². The van der Waals surface area contributed by atoms with Gasteiger partial charge in [0.15, 0.2) is 0 Å². The lowest BCUT2D eigenvalue weighted by molar-refractivity contribution is -0.122. The Balaban J connectivity index is 1.48. The minimum atomic E-state index is -3.74. The van der Waals surface area contributed by atoms with Crippen LogP contribution in [0.1, 0.15) is 5.56 Å². The lowest BCUT2D eigenvalue weighted by Crippen LogP contribution is -2.50. The maximum absolute atomic E-state index is 13.4. The van der Waals surface area contributed by atoms with Crippen molar-refractivity contribution < 1.29 is 22.3 Å². The van der Waals surface area contributed by atoms with Crippen LogP contribution in [-0.4, -0.2) is 63.4 Å². The fourth-order valence-corrected chi connectivity index (χ4v) is 4.60. The maximum atomic E-state index is 13.4. The molecule has 1 aliphatic rings. The van der Waals surface area contributed by atoms with Gasteiger partial charge in [-0.2, -0.15) is 4.31 Å². The molecule has 0 saturated carbocycles. The zero-order valence-electron chi connectivity index (χ0n) is 16.2. The van der Waals surface area contributed by atoms with Crippen molar-refractivity contribution in [1.82, 2.24) is 14.5 Å². The number of amides is 1. The van der Waals surface area contributed by atoms with Crippen molar-refractivity contribution in [3.63, 3.8) is 0 Å². The molecular weight excluding hydrogens is 397 g/mol. The lowest BCUT2D eigenvalue weighted by atomic mass is 10.2. The van der Waals surface area contributed by atoms with Gasteiger partial charge in [0.25, 0.3) is 0 Å². The Labute approximate surface area is 170 Å². The predicted octanol–water partition coefficient (Wildman–Crippen LogP) is 1.46. The average Bonchev–Trinajstić information content (AvgIpc) is 2.73. The smallest absolute Gasteiger partial charge is 0.243 e. The van der Waals surface area contributed by atoms with Gasteiger partial charge in [0, 0.05) is 32.7 Å². The zero-order chi connectivity index (χ0) is 20.9. The van der Waals surface area contributed by atoms with E-state index in [1.807, 2.05) is 29.2 Å². The lowest BCUT2D eigenvalue weighted by Gasteiger charge is -2.33. The molecule has 1 N–H and O–H groups in total. The third-order valence-electron chi connectivity index (χ3n) is 4.76. The summed E-state index contributed by atoms with van der Waals surface area (Å²) in [4.78, 5) is 14.1. The summed E-state index contributed by atoms with van der Waals surface area (Å²) in [6.07, 6.45) is 0. The van der Waals surface area contributed by atoms with Gasteiger partial charge in [-0.1, -0.05) is 18.2 Å². The Hall–Kier alpha value is -2.49. The number of carbonyl (C=O) groups is 1. The molecule has 2 aromatic rings. The van der Waals surface area contributed by atoms with E-state index in [9.17, 15) is 17.6 Å². The van der Waals surface area contributed by atoms with Crippen LogP contribution >= 0.6 is 0 Å². The maximum Gasteiger partial charge on any atom is 0.243 e. The summed E-state index contributed by atoms with van der Waals surface area (Å²) in [5, 5.41) is 2.86. The van der Waals surface area contributed by atoms with Gasteiger partial charge < -0.3 is 10.1 Å². The van der Waals surface area contributed by atoms with E-state index in [4.69, 9.17) is 4.74 Å². The van der Waals surface area contributed by atoms with Crippen LogP contribution in [-0.2, 0) is 21.4 Å². The molecule has 1 amide bonds. The average molecular weight is 421 g/mol. The number of methoxy groups -OCH3 is 1. The molecule has 0 bridgehead atoms. The van der Waals surface area contributed by atoms with Crippen molar-refractivity contribution >= 4 is 15.9 Å². The highest BCUT2D eigenvalue weighted by Crippen LogP contribution is 2.18. The highest BCUT2D eigenvalue weighted by molar-refractivity contribution is 7.89. The van der Waals surface area contributed by atoms with Crippen LogP contribution in [0.15, 0.2) is 53.4 Å². The summed E-state index contributed by atoms with van der Waals surface area (Å²) in [7, 11) is -2.15. The number of nitrogens with zero attached hydrogens (tertiary/aromatic N) is 2. The van der Waals surface area contributed by atoms with Gasteiger partial charge in [-0.15, -0.1) is 0 Å². The number of benzene rings is 2. The number of sulfonamides is 1. The molecule has 1 saturated heterocycles. The fourth-order valence-electron chi connectivity index (χ4n) is 3.15. The van der Waals surface area contributed by atoms with E-state index in [0.29, 0.717) is 19.6 Å². The monoisotopic (exact) mass is 421 g/mol. The molecule has 9 heteroatoms. The van der Waals surface area contributed by atoms with Crippen molar-refractivity contribution in [1.29, 1.82) is 0 Å². The summed E-state index contributed by atoms with van der Waals surface area (Å²) in [6.45, 7) is 1.95. The molecule has 3 rings (SSSR count). The van der Waals surface area contributed by atoms with Gasteiger partial charge in [-0.3, -0.25) is 9.69 Å². The van der Waals surface area contributed by atoms with Gasteiger partial charge in [-0.25, -0.2) is 12.8 Å². The fraction of sp³-hybridized carbons (Fsp3) is 0.350. The topological polar surface area (TPSA) is 79.0 Å². The highest BCUT2D eigenvalue weighted by Gasteiger charge is 2.29. The van der Waals surface area contributed by atoms with Crippen LogP contribution in [0.4, 0.5) is 4.39 Å². The Morgan fingerprint density at radius 3 is 2.52 bits per heavy atom. The second-order valence-electron chi connectivity index (χ2n) is 6.77. The number of hydrogen-bond donors (Lipinski definition) is 1. The first kappa shape index (κ1) is 21.2. The largest absolute Gasteiger partial charge is 0.497 e. The normalized spacial score (nSPS) is 15.8. The quantitative estimate of drug-likeness (QED) is 0.732. The number of halogens is 1. The standard InChI is InChI=1S/C20H24FN3O4S/c1-28-18-6-2-4-16(12-18)14-22-20(25)15-23-8-10-24(11-9-23)29(26,27)19-7-3-5-17(21)13-19/h2-7,12-13H,8-11,14-15H2,1H3,(H,22,25). The van der Waals surface area contributed by atoms with E-state index in [2.05, 4.69) is 5.32 Å². The summed E-state index contributed by atoms with van der Waals surface area (Å²) >= 11 is 0. The van der Waals surface area contributed by atoms with Crippen molar-refractivity contribution in [2.24, 2.45) is 0 Å².